The van der Waals surface area contributed by atoms with Gasteiger partial charge in [-0.1, -0.05) is 11.2 Å². The summed E-state index contributed by atoms with van der Waals surface area (Å²) in [4.78, 5) is 10.6. The lowest BCUT2D eigenvalue weighted by Gasteiger charge is -2.09. The number of aryl methyl sites for hydroxylation is 1. The van der Waals surface area contributed by atoms with Gasteiger partial charge in [-0.05, 0) is 25.0 Å². The Labute approximate surface area is 143 Å². The minimum Gasteiger partial charge on any atom is -0.364 e. The standard InChI is InChI=1S/C15H17F2N3O4S/c16-12-4-1-5-13(17)15(12)25(22,23)20-8-6-14(21)18-7-2-3-11-9-19-24-10-11/h1,4-5,9-10,20H,2-3,6-8H2,(H,18,21). The van der Waals surface area contributed by atoms with E-state index in [1.807, 2.05) is 4.72 Å². The predicted molar refractivity (Wildman–Crippen MR) is 84.0 cm³/mol. The number of sulfonamides is 1. The SMILES string of the molecule is O=C(CCNS(=O)(=O)c1c(F)cccc1F)NCCCc1cnoc1. The number of aromatic nitrogens is 1. The summed E-state index contributed by atoms with van der Waals surface area (Å²) in [5.74, 6) is -2.75. The molecule has 10 heteroatoms. The molecule has 0 bridgehead atoms. The highest BCUT2D eigenvalue weighted by atomic mass is 32.2. The Kier molecular flexibility index (Phi) is 6.59. The molecule has 0 aliphatic rings. The number of benzene rings is 1. The van der Waals surface area contributed by atoms with Crippen LogP contribution in [-0.2, 0) is 21.2 Å². The lowest BCUT2D eigenvalue weighted by Crippen LogP contribution is -2.32. The Morgan fingerprint density at radius 2 is 1.92 bits per heavy atom. The monoisotopic (exact) mass is 373 g/mol. The summed E-state index contributed by atoms with van der Waals surface area (Å²) in [5, 5.41) is 6.18. The molecule has 0 saturated heterocycles. The third-order valence-corrected chi connectivity index (χ3v) is 4.79. The number of nitrogens with one attached hydrogen (secondary N) is 2. The fraction of sp³-hybridized carbons (Fsp3) is 0.333. The number of carbonyl (C=O) groups excluding carboxylic acids is 1. The zero-order chi connectivity index (χ0) is 18.3. The maximum absolute atomic E-state index is 13.5. The molecular weight excluding hydrogens is 356 g/mol. The first-order valence-electron chi connectivity index (χ1n) is 7.49. The predicted octanol–water partition coefficient (Wildman–Crippen LogP) is 1.37. The van der Waals surface area contributed by atoms with Crippen LogP contribution in [0.5, 0.6) is 0 Å². The van der Waals surface area contributed by atoms with Gasteiger partial charge in [-0.25, -0.2) is 21.9 Å². The fourth-order valence-corrected chi connectivity index (χ4v) is 3.23. The van der Waals surface area contributed by atoms with Crippen molar-refractivity contribution in [3.8, 4) is 0 Å². The van der Waals surface area contributed by atoms with Gasteiger partial charge in [-0.2, -0.15) is 0 Å². The molecule has 0 saturated carbocycles. The lowest BCUT2D eigenvalue weighted by molar-refractivity contribution is -0.120. The van der Waals surface area contributed by atoms with Crippen molar-refractivity contribution in [2.45, 2.75) is 24.2 Å². The molecule has 0 atom stereocenters. The number of hydrogen-bond donors (Lipinski definition) is 2. The second kappa shape index (κ2) is 8.67. The van der Waals surface area contributed by atoms with Gasteiger partial charge in [0.15, 0.2) is 4.90 Å². The Morgan fingerprint density at radius 3 is 2.56 bits per heavy atom. The van der Waals surface area contributed by atoms with E-state index in [1.165, 1.54) is 6.26 Å². The van der Waals surface area contributed by atoms with Crippen LogP contribution in [0.15, 0.2) is 40.1 Å². The first kappa shape index (κ1) is 19.0. The summed E-state index contributed by atoms with van der Waals surface area (Å²) in [6.07, 6.45) is 4.29. The van der Waals surface area contributed by atoms with Crippen molar-refractivity contribution >= 4 is 15.9 Å². The zero-order valence-corrected chi connectivity index (χ0v) is 14.0. The van der Waals surface area contributed by atoms with E-state index in [4.69, 9.17) is 0 Å². The highest BCUT2D eigenvalue weighted by molar-refractivity contribution is 7.89. The zero-order valence-electron chi connectivity index (χ0n) is 13.2. The number of halogens is 2. The first-order chi connectivity index (χ1) is 11.9. The van der Waals surface area contributed by atoms with Crippen LogP contribution in [0, 0.1) is 11.6 Å². The second-order valence-corrected chi connectivity index (χ2v) is 6.89. The van der Waals surface area contributed by atoms with Crippen LogP contribution in [0.25, 0.3) is 0 Å². The molecule has 0 radical (unpaired) electrons. The maximum Gasteiger partial charge on any atom is 0.246 e. The molecule has 136 valence electrons. The van der Waals surface area contributed by atoms with Gasteiger partial charge in [-0.3, -0.25) is 4.79 Å². The molecular formula is C15H17F2N3O4S. The summed E-state index contributed by atoms with van der Waals surface area (Å²) in [6, 6.07) is 2.76. The third kappa shape index (κ3) is 5.61. The van der Waals surface area contributed by atoms with Crippen molar-refractivity contribution in [2.75, 3.05) is 13.1 Å². The van der Waals surface area contributed by atoms with Crippen LogP contribution in [0.4, 0.5) is 8.78 Å². The van der Waals surface area contributed by atoms with Crippen molar-refractivity contribution < 1.29 is 26.5 Å². The Bertz CT molecular complexity index is 790. The third-order valence-electron chi connectivity index (χ3n) is 3.28. The highest BCUT2D eigenvalue weighted by Gasteiger charge is 2.23. The molecule has 25 heavy (non-hydrogen) atoms. The van der Waals surface area contributed by atoms with Crippen molar-refractivity contribution in [3.63, 3.8) is 0 Å². The normalized spacial score (nSPS) is 11.4. The molecule has 2 aromatic rings. The van der Waals surface area contributed by atoms with Crippen molar-refractivity contribution in [2.24, 2.45) is 0 Å². The minimum absolute atomic E-state index is 0.150. The topological polar surface area (TPSA) is 101 Å². The molecule has 0 fully saturated rings. The summed E-state index contributed by atoms with van der Waals surface area (Å²) in [5.41, 5.74) is 0.911. The van der Waals surface area contributed by atoms with Crippen molar-refractivity contribution in [1.82, 2.24) is 15.2 Å². The van der Waals surface area contributed by atoms with E-state index < -0.39 is 26.6 Å². The average molecular weight is 373 g/mol. The van der Waals surface area contributed by atoms with E-state index >= 15 is 0 Å². The van der Waals surface area contributed by atoms with E-state index in [0.717, 1.165) is 23.8 Å². The molecule has 0 aliphatic carbocycles. The van der Waals surface area contributed by atoms with Crippen LogP contribution in [0.2, 0.25) is 0 Å². The summed E-state index contributed by atoms with van der Waals surface area (Å²) in [6.45, 7) is 0.131. The van der Waals surface area contributed by atoms with Gasteiger partial charge < -0.3 is 9.84 Å². The molecule has 0 aliphatic heterocycles. The van der Waals surface area contributed by atoms with E-state index in [2.05, 4.69) is 15.0 Å². The molecule has 1 aromatic heterocycles. The maximum atomic E-state index is 13.5. The molecule has 2 rings (SSSR count). The number of nitrogens with zero attached hydrogens (tertiary/aromatic N) is 1. The van der Waals surface area contributed by atoms with Gasteiger partial charge in [0.1, 0.15) is 17.9 Å². The average Bonchev–Trinajstić information content (AvgIpc) is 3.04. The van der Waals surface area contributed by atoms with E-state index in [1.54, 1.807) is 6.20 Å². The molecule has 0 spiro atoms. The molecule has 1 heterocycles. The summed E-state index contributed by atoms with van der Waals surface area (Å²) >= 11 is 0. The van der Waals surface area contributed by atoms with Gasteiger partial charge in [-0.15, -0.1) is 0 Å². The molecule has 7 nitrogen and oxygen atoms in total. The van der Waals surface area contributed by atoms with Gasteiger partial charge in [0.2, 0.25) is 15.9 Å². The largest absolute Gasteiger partial charge is 0.364 e. The van der Waals surface area contributed by atoms with Gasteiger partial charge >= 0.3 is 0 Å². The van der Waals surface area contributed by atoms with Crippen LogP contribution < -0.4 is 10.0 Å². The van der Waals surface area contributed by atoms with Gasteiger partial charge in [0.25, 0.3) is 0 Å². The van der Waals surface area contributed by atoms with Crippen LogP contribution in [-0.4, -0.2) is 32.6 Å². The quantitative estimate of drug-likeness (QED) is 0.647. The Hall–Kier alpha value is -2.33. The lowest BCUT2D eigenvalue weighted by atomic mass is 10.2. The van der Waals surface area contributed by atoms with Crippen molar-refractivity contribution in [1.29, 1.82) is 0 Å². The number of rotatable bonds is 9. The number of carbonyl (C=O) groups is 1. The van der Waals surface area contributed by atoms with Gasteiger partial charge in [0.05, 0.1) is 6.20 Å². The first-order valence-corrected chi connectivity index (χ1v) is 8.97. The molecule has 2 N–H and O–H groups in total. The van der Waals surface area contributed by atoms with E-state index in [0.29, 0.717) is 19.4 Å². The number of amides is 1. The second-order valence-electron chi connectivity index (χ2n) is 5.18. The molecule has 0 unspecified atom stereocenters. The van der Waals surface area contributed by atoms with Crippen LogP contribution in [0.1, 0.15) is 18.4 Å². The van der Waals surface area contributed by atoms with Gasteiger partial charge in [0, 0.05) is 25.1 Å². The Morgan fingerprint density at radius 1 is 1.20 bits per heavy atom. The minimum atomic E-state index is -4.37. The van der Waals surface area contributed by atoms with Crippen LogP contribution in [0.3, 0.4) is 0 Å². The Balaban J connectivity index is 1.73. The number of hydrogen-bond acceptors (Lipinski definition) is 5. The van der Waals surface area contributed by atoms with E-state index in [-0.39, 0.29) is 18.9 Å². The smallest absolute Gasteiger partial charge is 0.246 e. The van der Waals surface area contributed by atoms with E-state index in [9.17, 15) is 22.0 Å². The van der Waals surface area contributed by atoms with Crippen LogP contribution >= 0.6 is 0 Å². The molecule has 1 amide bonds. The molecule has 1 aromatic carbocycles. The van der Waals surface area contributed by atoms with Crippen molar-refractivity contribution in [3.05, 3.63) is 47.9 Å². The highest BCUT2D eigenvalue weighted by Crippen LogP contribution is 2.17. The summed E-state index contributed by atoms with van der Waals surface area (Å²) in [7, 11) is -4.37. The fourth-order valence-electron chi connectivity index (χ4n) is 2.07. The summed E-state index contributed by atoms with van der Waals surface area (Å²) < 4.78 is 57.5.